The third-order valence-electron chi connectivity index (χ3n) is 6.58. The number of esters is 1. The summed E-state index contributed by atoms with van der Waals surface area (Å²) in [5.41, 5.74) is 6.83. The van der Waals surface area contributed by atoms with Gasteiger partial charge in [0.15, 0.2) is 0 Å². The molecule has 4 heterocycles. The molecule has 0 saturated carbocycles. The highest BCUT2D eigenvalue weighted by molar-refractivity contribution is 7.21. The van der Waals surface area contributed by atoms with Crippen molar-refractivity contribution in [3.05, 3.63) is 82.3 Å². The third-order valence-corrected chi connectivity index (χ3v) is 8.80. The van der Waals surface area contributed by atoms with Crippen LogP contribution in [0.3, 0.4) is 0 Å². The van der Waals surface area contributed by atoms with Gasteiger partial charge in [0, 0.05) is 10.9 Å². The maximum Gasteiger partial charge on any atom is 0.348 e. The zero-order valence-corrected chi connectivity index (χ0v) is 23.0. The topological polar surface area (TPSA) is 94.3 Å². The Labute approximate surface area is 232 Å². The van der Waals surface area contributed by atoms with E-state index in [-0.39, 0.29) is 6.54 Å². The standard InChI is InChI=1S/C30H23N3O4S2/c1-16-28(38-17(2)31-16)22-12-9-19-13-20(10-11-21(19)32-22)27-26(18-7-5-4-6-8-18)29-23(33(27)15-25(34)35)14-24(39-29)30(36)37-3/h4-14H,15H2,1-3H3,(H,34,35). The number of aromatic nitrogens is 3. The average Bonchev–Trinajstić information content (AvgIpc) is 3.60. The minimum atomic E-state index is -0.971. The molecule has 0 aliphatic carbocycles. The van der Waals surface area contributed by atoms with E-state index < -0.39 is 11.9 Å². The molecule has 0 aliphatic heterocycles. The maximum atomic E-state index is 12.4. The average molecular weight is 554 g/mol. The second kappa shape index (κ2) is 9.76. The van der Waals surface area contributed by atoms with Gasteiger partial charge in [0.2, 0.25) is 0 Å². The first-order valence-corrected chi connectivity index (χ1v) is 13.8. The molecule has 9 heteroatoms. The van der Waals surface area contributed by atoms with Crippen molar-refractivity contribution in [2.24, 2.45) is 0 Å². The Morgan fingerprint density at radius 2 is 1.74 bits per heavy atom. The summed E-state index contributed by atoms with van der Waals surface area (Å²) in [5.74, 6) is -1.42. The summed E-state index contributed by atoms with van der Waals surface area (Å²) < 4.78 is 7.56. The van der Waals surface area contributed by atoms with Crippen LogP contribution in [0.15, 0.2) is 66.7 Å². The van der Waals surface area contributed by atoms with E-state index in [1.807, 2.05) is 74.5 Å². The molecule has 4 aromatic heterocycles. The Kier molecular flexibility index (Phi) is 6.25. The van der Waals surface area contributed by atoms with Gasteiger partial charge in [-0.1, -0.05) is 42.5 Å². The zero-order chi connectivity index (χ0) is 27.3. The van der Waals surface area contributed by atoms with E-state index in [1.165, 1.54) is 18.4 Å². The van der Waals surface area contributed by atoms with Crippen LogP contribution in [-0.4, -0.2) is 38.7 Å². The molecule has 0 aliphatic rings. The lowest BCUT2D eigenvalue weighted by atomic mass is 10.00. The molecular weight excluding hydrogens is 530 g/mol. The Hall–Kier alpha value is -4.34. The van der Waals surface area contributed by atoms with Crippen molar-refractivity contribution in [2.45, 2.75) is 20.4 Å². The molecule has 6 rings (SSSR count). The van der Waals surface area contributed by atoms with Gasteiger partial charge in [-0.25, -0.2) is 14.8 Å². The first-order chi connectivity index (χ1) is 18.8. The van der Waals surface area contributed by atoms with Crippen molar-refractivity contribution in [2.75, 3.05) is 7.11 Å². The number of ether oxygens (including phenoxy) is 1. The number of aliphatic carboxylic acids is 1. The molecule has 194 valence electrons. The number of pyridine rings is 1. The van der Waals surface area contributed by atoms with E-state index in [2.05, 4.69) is 4.98 Å². The predicted molar refractivity (Wildman–Crippen MR) is 156 cm³/mol. The van der Waals surface area contributed by atoms with E-state index in [0.29, 0.717) is 10.4 Å². The van der Waals surface area contributed by atoms with Crippen LogP contribution < -0.4 is 0 Å². The van der Waals surface area contributed by atoms with Crippen LogP contribution in [0.5, 0.6) is 0 Å². The lowest BCUT2D eigenvalue weighted by Crippen LogP contribution is -2.10. The number of thiazole rings is 1. The molecule has 2 aromatic carbocycles. The highest BCUT2D eigenvalue weighted by Gasteiger charge is 2.25. The van der Waals surface area contributed by atoms with E-state index in [4.69, 9.17) is 9.72 Å². The van der Waals surface area contributed by atoms with Gasteiger partial charge >= 0.3 is 11.9 Å². The van der Waals surface area contributed by atoms with Crippen LogP contribution in [0, 0.1) is 13.8 Å². The quantitative estimate of drug-likeness (QED) is 0.219. The van der Waals surface area contributed by atoms with Crippen LogP contribution in [0.4, 0.5) is 0 Å². The molecule has 0 amide bonds. The van der Waals surface area contributed by atoms with Gasteiger partial charge in [-0.05, 0) is 49.2 Å². The monoisotopic (exact) mass is 553 g/mol. The van der Waals surface area contributed by atoms with Crippen molar-refractivity contribution < 1.29 is 19.4 Å². The molecule has 0 radical (unpaired) electrons. The number of carbonyl (C=O) groups excluding carboxylic acids is 1. The van der Waals surface area contributed by atoms with Gasteiger partial charge < -0.3 is 14.4 Å². The highest BCUT2D eigenvalue weighted by atomic mass is 32.1. The number of thiophene rings is 1. The largest absolute Gasteiger partial charge is 0.480 e. The fraction of sp³-hybridized carbons (Fsp3) is 0.133. The minimum Gasteiger partial charge on any atom is -0.480 e. The number of hydrogen-bond acceptors (Lipinski definition) is 7. The smallest absolute Gasteiger partial charge is 0.348 e. The minimum absolute atomic E-state index is 0.255. The summed E-state index contributed by atoms with van der Waals surface area (Å²) in [6, 6.07) is 21.6. The molecule has 1 N–H and O–H groups in total. The van der Waals surface area contributed by atoms with Crippen LogP contribution in [0.2, 0.25) is 0 Å². The number of aryl methyl sites for hydroxylation is 2. The Bertz CT molecular complexity index is 1900. The van der Waals surface area contributed by atoms with Crippen LogP contribution >= 0.6 is 22.7 Å². The van der Waals surface area contributed by atoms with Crippen molar-refractivity contribution in [1.29, 1.82) is 0 Å². The summed E-state index contributed by atoms with van der Waals surface area (Å²) in [5, 5.41) is 11.8. The number of fused-ring (bicyclic) bond motifs is 2. The number of carboxylic acid groups (broad SMARTS) is 1. The maximum absolute atomic E-state index is 12.4. The van der Waals surface area contributed by atoms with E-state index in [0.717, 1.165) is 59.3 Å². The van der Waals surface area contributed by atoms with Crippen LogP contribution in [-0.2, 0) is 16.1 Å². The van der Waals surface area contributed by atoms with Crippen molar-refractivity contribution in [3.8, 4) is 33.0 Å². The second-order valence-electron chi connectivity index (χ2n) is 9.14. The van der Waals surface area contributed by atoms with Crippen molar-refractivity contribution in [1.82, 2.24) is 14.5 Å². The van der Waals surface area contributed by atoms with Crippen molar-refractivity contribution >= 4 is 55.7 Å². The number of rotatable bonds is 6. The highest BCUT2D eigenvalue weighted by Crippen LogP contribution is 2.45. The summed E-state index contributed by atoms with van der Waals surface area (Å²) in [4.78, 5) is 35.3. The molecule has 0 unspecified atom stereocenters. The molecule has 39 heavy (non-hydrogen) atoms. The fourth-order valence-corrected chi connectivity index (χ4v) is 7.00. The number of carbonyl (C=O) groups is 2. The normalized spacial score (nSPS) is 11.4. The van der Waals surface area contributed by atoms with Crippen LogP contribution in [0.1, 0.15) is 20.4 Å². The lowest BCUT2D eigenvalue weighted by molar-refractivity contribution is -0.137. The van der Waals surface area contributed by atoms with Gasteiger partial charge in [0.25, 0.3) is 0 Å². The van der Waals surface area contributed by atoms with Gasteiger partial charge in [0.1, 0.15) is 11.4 Å². The van der Waals surface area contributed by atoms with Gasteiger partial charge in [-0.3, -0.25) is 4.79 Å². The van der Waals surface area contributed by atoms with E-state index in [9.17, 15) is 14.7 Å². The summed E-state index contributed by atoms with van der Waals surface area (Å²) >= 11 is 2.94. The SMILES string of the molecule is COC(=O)c1cc2c(s1)c(-c1ccccc1)c(-c1ccc3nc(-c4sc(C)nc4C)ccc3c1)n2CC(=O)O. The molecule has 7 nitrogen and oxygen atoms in total. The molecule has 0 fully saturated rings. The van der Waals surface area contributed by atoms with E-state index in [1.54, 1.807) is 22.0 Å². The van der Waals surface area contributed by atoms with Gasteiger partial charge in [0.05, 0.1) is 49.8 Å². The Balaban J connectivity index is 1.59. The zero-order valence-electron chi connectivity index (χ0n) is 21.4. The first kappa shape index (κ1) is 25.0. The second-order valence-corrected chi connectivity index (χ2v) is 11.4. The summed E-state index contributed by atoms with van der Waals surface area (Å²) in [7, 11) is 1.34. The van der Waals surface area contributed by atoms with Gasteiger partial charge in [-0.2, -0.15) is 0 Å². The molecular formula is C30H23N3O4S2. The predicted octanol–water partition coefficient (Wildman–Crippen LogP) is 7.20. The first-order valence-electron chi connectivity index (χ1n) is 12.2. The molecule has 0 bridgehead atoms. The van der Waals surface area contributed by atoms with Crippen molar-refractivity contribution in [3.63, 3.8) is 0 Å². The number of nitrogens with zero attached hydrogens (tertiary/aromatic N) is 3. The number of benzene rings is 2. The number of hydrogen-bond donors (Lipinski definition) is 1. The third kappa shape index (κ3) is 4.39. The summed E-state index contributed by atoms with van der Waals surface area (Å²) in [6.07, 6.45) is 0. The molecule has 6 aromatic rings. The lowest BCUT2D eigenvalue weighted by Gasteiger charge is -2.13. The molecule has 0 spiro atoms. The van der Waals surface area contributed by atoms with Gasteiger partial charge in [-0.15, -0.1) is 22.7 Å². The molecule has 0 atom stereocenters. The van der Waals surface area contributed by atoms with Crippen LogP contribution in [0.25, 0.3) is 54.1 Å². The Morgan fingerprint density at radius 1 is 0.949 bits per heavy atom. The number of methoxy groups -OCH3 is 1. The summed E-state index contributed by atoms with van der Waals surface area (Å²) in [6.45, 7) is 3.73. The molecule has 0 saturated heterocycles. The Morgan fingerprint density at radius 3 is 2.44 bits per heavy atom. The fourth-order valence-electron chi connectivity index (χ4n) is 4.97. The number of carboxylic acids is 1. The van der Waals surface area contributed by atoms with E-state index >= 15 is 0 Å².